The van der Waals surface area contributed by atoms with Gasteiger partial charge in [0.1, 0.15) is 5.75 Å². The van der Waals surface area contributed by atoms with E-state index in [4.69, 9.17) is 22.1 Å². The minimum atomic E-state index is 0.650. The second kappa shape index (κ2) is 6.45. The zero-order valence-electron chi connectivity index (χ0n) is 10.8. The minimum Gasteiger partial charge on any atom is -0.497 e. The molecule has 3 N–H and O–H groups in total. The molecule has 0 saturated heterocycles. The van der Waals surface area contributed by atoms with E-state index in [2.05, 4.69) is 5.32 Å². The summed E-state index contributed by atoms with van der Waals surface area (Å²) in [6.07, 6.45) is 0. The summed E-state index contributed by atoms with van der Waals surface area (Å²) < 4.78 is 5.12. The zero-order valence-corrected chi connectivity index (χ0v) is 11.6. The highest BCUT2D eigenvalue weighted by molar-refractivity contribution is 6.31. The van der Waals surface area contributed by atoms with Crippen LogP contribution in [-0.2, 0) is 13.1 Å². The molecule has 0 aromatic heterocycles. The molecule has 0 saturated carbocycles. The standard InChI is InChI=1S/C15H17ClN2O/c1-19-12-7-5-11(6-8-12)9-18-10-13-14(16)3-2-4-15(13)17/h2-8,18H,9-10,17H2,1H3. The van der Waals surface area contributed by atoms with Crippen LogP contribution in [0.25, 0.3) is 0 Å². The van der Waals surface area contributed by atoms with Gasteiger partial charge in [0.2, 0.25) is 0 Å². The van der Waals surface area contributed by atoms with Crippen molar-refractivity contribution in [2.45, 2.75) is 13.1 Å². The molecule has 3 nitrogen and oxygen atoms in total. The van der Waals surface area contributed by atoms with Gasteiger partial charge in [0.15, 0.2) is 0 Å². The van der Waals surface area contributed by atoms with Crippen molar-refractivity contribution in [2.75, 3.05) is 12.8 Å². The predicted molar refractivity (Wildman–Crippen MR) is 79.4 cm³/mol. The Morgan fingerprint density at radius 2 is 1.84 bits per heavy atom. The molecule has 100 valence electrons. The van der Waals surface area contributed by atoms with Crippen LogP contribution in [0.4, 0.5) is 5.69 Å². The predicted octanol–water partition coefficient (Wildman–Crippen LogP) is 3.22. The number of hydrogen-bond acceptors (Lipinski definition) is 3. The van der Waals surface area contributed by atoms with Gasteiger partial charge in [-0.2, -0.15) is 0 Å². The fourth-order valence-corrected chi connectivity index (χ4v) is 2.09. The third-order valence-electron chi connectivity index (χ3n) is 2.95. The van der Waals surface area contributed by atoms with Crippen LogP contribution in [0.15, 0.2) is 42.5 Å². The van der Waals surface area contributed by atoms with Gasteiger partial charge >= 0.3 is 0 Å². The van der Waals surface area contributed by atoms with E-state index in [1.807, 2.05) is 42.5 Å². The number of nitrogens with one attached hydrogen (secondary N) is 1. The van der Waals surface area contributed by atoms with Crippen molar-refractivity contribution in [3.63, 3.8) is 0 Å². The van der Waals surface area contributed by atoms with E-state index in [1.54, 1.807) is 7.11 Å². The molecule has 2 aromatic rings. The van der Waals surface area contributed by atoms with E-state index in [-0.39, 0.29) is 0 Å². The maximum Gasteiger partial charge on any atom is 0.118 e. The number of benzene rings is 2. The molecular formula is C15H17ClN2O. The lowest BCUT2D eigenvalue weighted by atomic mass is 10.1. The number of nitrogen functional groups attached to an aromatic ring is 1. The van der Waals surface area contributed by atoms with E-state index in [9.17, 15) is 0 Å². The van der Waals surface area contributed by atoms with Crippen molar-refractivity contribution in [3.05, 3.63) is 58.6 Å². The van der Waals surface area contributed by atoms with Crippen LogP contribution in [0.2, 0.25) is 5.02 Å². The molecule has 19 heavy (non-hydrogen) atoms. The van der Waals surface area contributed by atoms with Gasteiger partial charge in [0, 0.05) is 29.4 Å². The smallest absolute Gasteiger partial charge is 0.118 e. The molecule has 0 aliphatic heterocycles. The first-order valence-corrected chi connectivity index (χ1v) is 6.45. The summed E-state index contributed by atoms with van der Waals surface area (Å²) in [6.45, 7) is 1.41. The first kappa shape index (κ1) is 13.7. The van der Waals surface area contributed by atoms with Gasteiger partial charge in [0.05, 0.1) is 7.11 Å². The van der Waals surface area contributed by atoms with E-state index in [0.717, 1.165) is 23.5 Å². The van der Waals surface area contributed by atoms with Crippen molar-refractivity contribution in [1.82, 2.24) is 5.32 Å². The lowest BCUT2D eigenvalue weighted by Gasteiger charge is -2.10. The van der Waals surface area contributed by atoms with Crippen LogP contribution < -0.4 is 15.8 Å². The average molecular weight is 277 g/mol. The summed E-state index contributed by atoms with van der Waals surface area (Å²) in [5, 5.41) is 4.03. The summed E-state index contributed by atoms with van der Waals surface area (Å²) in [5.41, 5.74) is 8.74. The van der Waals surface area contributed by atoms with Crippen molar-refractivity contribution >= 4 is 17.3 Å². The molecule has 4 heteroatoms. The highest BCUT2D eigenvalue weighted by Gasteiger charge is 2.03. The molecule has 0 atom stereocenters. The molecule has 2 rings (SSSR count). The van der Waals surface area contributed by atoms with Gasteiger partial charge in [-0.15, -0.1) is 0 Å². The van der Waals surface area contributed by atoms with Gasteiger partial charge in [-0.25, -0.2) is 0 Å². The van der Waals surface area contributed by atoms with Crippen molar-refractivity contribution < 1.29 is 4.74 Å². The highest BCUT2D eigenvalue weighted by Crippen LogP contribution is 2.21. The molecule has 0 amide bonds. The number of nitrogens with two attached hydrogens (primary N) is 1. The molecule has 0 heterocycles. The summed E-state index contributed by atoms with van der Waals surface area (Å²) in [4.78, 5) is 0. The summed E-state index contributed by atoms with van der Waals surface area (Å²) in [7, 11) is 1.66. The molecular weight excluding hydrogens is 260 g/mol. The fourth-order valence-electron chi connectivity index (χ4n) is 1.84. The average Bonchev–Trinajstić information content (AvgIpc) is 2.43. The van der Waals surface area contributed by atoms with E-state index < -0.39 is 0 Å². The van der Waals surface area contributed by atoms with Crippen LogP contribution in [0, 0.1) is 0 Å². The number of anilines is 1. The lowest BCUT2D eigenvalue weighted by Crippen LogP contribution is -2.14. The topological polar surface area (TPSA) is 47.3 Å². The first-order chi connectivity index (χ1) is 9.20. The van der Waals surface area contributed by atoms with Gasteiger partial charge in [-0.05, 0) is 29.8 Å². The third-order valence-corrected chi connectivity index (χ3v) is 3.30. The van der Waals surface area contributed by atoms with Gasteiger partial charge < -0.3 is 15.8 Å². The Morgan fingerprint density at radius 1 is 1.11 bits per heavy atom. The molecule has 0 aliphatic rings. The quantitative estimate of drug-likeness (QED) is 0.825. The molecule has 0 aliphatic carbocycles. The third kappa shape index (κ3) is 3.63. The largest absolute Gasteiger partial charge is 0.497 e. The van der Waals surface area contributed by atoms with E-state index >= 15 is 0 Å². The first-order valence-electron chi connectivity index (χ1n) is 6.07. The van der Waals surface area contributed by atoms with Crippen LogP contribution in [-0.4, -0.2) is 7.11 Å². The number of hydrogen-bond donors (Lipinski definition) is 2. The maximum atomic E-state index is 6.11. The minimum absolute atomic E-state index is 0.650. The molecule has 0 fully saturated rings. The Morgan fingerprint density at radius 3 is 2.47 bits per heavy atom. The highest BCUT2D eigenvalue weighted by atomic mass is 35.5. The molecule has 0 unspecified atom stereocenters. The van der Waals surface area contributed by atoms with Crippen molar-refractivity contribution in [2.24, 2.45) is 0 Å². The molecule has 0 bridgehead atoms. The van der Waals surface area contributed by atoms with E-state index in [0.29, 0.717) is 11.6 Å². The number of rotatable bonds is 5. The Kier molecular flexibility index (Phi) is 4.66. The summed E-state index contributed by atoms with van der Waals surface area (Å²) in [5.74, 6) is 0.860. The Hall–Kier alpha value is -1.71. The zero-order chi connectivity index (χ0) is 13.7. The van der Waals surface area contributed by atoms with Gasteiger partial charge in [-0.3, -0.25) is 0 Å². The van der Waals surface area contributed by atoms with Crippen LogP contribution in [0.5, 0.6) is 5.75 Å². The van der Waals surface area contributed by atoms with Crippen LogP contribution in [0.3, 0.4) is 0 Å². The van der Waals surface area contributed by atoms with Crippen molar-refractivity contribution in [1.29, 1.82) is 0 Å². The van der Waals surface area contributed by atoms with Crippen molar-refractivity contribution in [3.8, 4) is 5.75 Å². The lowest BCUT2D eigenvalue weighted by molar-refractivity contribution is 0.414. The number of methoxy groups -OCH3 is 1. The molecule has 0 radical (unpaired) electrons. The number of ether oxygens (including phenoxy) is 1. The Balaban J connectivity index is 1.92. The second-order valence-electron chi connectivity index (χ2n) is 4.26. The molecule has 2 aromatic carbocycles. The Labute approximate surface area is 118 Å². The number of halogens is 1. The molecule has 0 spiro atoms. The van der Waals surface area contributed by atoms with Crippen LogP contribution >= 0.6 is 11.6 Å². The van der Waals surface area contributed by atoms with E-state index in [1.165, 1.54) is 5.56 Å². The van der Waals surface area contributed by atoms with Gasteiger partial charge in [-0.1, -0.05) is 29.8 Å². The fraction of sp³-hybridized carbons (Fsp3) is 0.200. The van der Waals surface area contributed by atoms with Crippen LogP contribution in [0.1, 0.15) is 11.1 Å². The SMILES string of the molecule is COc1ccc(CNCc2c(N)cccc2Cl)cc1. The van der Waals surface area contributed by atoms with Gasteiger partial charge in [0.25, 0.3) is 0 Å². The summed E-state index contributed by atoms with van der Waals surface area (Å²) >= 11 is 6.11. The summed E-state index contributed by atoms with van der Waals surface area (Å²) in [6, 6.07) is 13.5. The maximum absolute atomic E-state index is 6.11. The monoisotopic (exact) mass is 276 g/mol. The normalized spacial score (nSPS) is 10.4. The second-order valence-corrected chi connectivity index (χ2v) is 4.67. The Bertz CT molecular complexity index is 520.